The Labute approximate surface area is 91.2 Å². The van der Waals surface area contributed by atoms with Gasteiger partial charge < -0.3 is 10.5 Å². The third-order valence-corrected chi connectivity index (χ3v) is 2.55. The number of hydrogen-bond donors (Lipinski definition) is 1. The molecule has 2 rings (SSSR count). The van der Waals surface area contributed by atoms with E-state index in [2.05, 4.69) is 0 Å². The summed E-state index contributed by atoms with van der Waals surface area (Å²) in [4.78, 5) is 9.73. The standard InChI is InChI=1S/C10H11FN2O3/c11-9-5-7(13(14)15)1-2-10(9)16-8-3-6(12)4-8/h1-2,5-6,8H,3-4,12H2. The van der Waals surface area contributed by atoms with E-state index in [1.807, 2.05) is 0 Å². The summed E-state index contributed by atoms with van der Waals surface area (Å²) in [5, 5.41) is 10.4. The van der Waals surface area contributed by atoms with Crippen molar-refractivity contribution in [3.05, 3.63) is 34.1 Å². The molecule has 1 aliphatic rings. The first-order valence-electron chi connectivity index (χ1n) is 4.92. The van der Waals surface area contributed by atoms with Gasteiger partial charge in [0.1, 0.15) is 6.10 Å². The first kappa shape index (κ1) is 10.8. The van der Waals surface area contributed by atoms with E-state index in [0.717, 1.165) is 6.07 Å². The number of halogens is 1. The minimum absolute atomic E-state index is 0.0440. The molecule has 0 bridgehead atoms. The van der Waals surface area contributed by atoms with E-state index < -0.39 is 10.7 Å². The van der Waals surface area contributed by atoms with Crippen molar-refractivity contribution in [2.24, 2.45) is 5.73 Å². The number of nitrogens with zero attached hydrogens (tertiary/aromatic N) is 1. The lowest BCUT2D eigenvalue weighted by molar-refractivity contribution is -0.385. The van der Waals surface area contributed by atoms with Gasteiger partial charge in [-0.05, 0) is 18.9 Å². The average Bonchev–Trinajstić information content (AvgIpc) is 2.18. The van der Waals surface area contributed by atoms with Gasteiger partial charge in [-0.15, -0.1) is 0 Å². The van der Waals surface area contributed by atoms with Crippen LogP contribution in [0, 0.1) is 15.9 Å². The summed E-state index contributed by atoms with van der Waals surface area (Å²) in [5.41, 5.74) is 5.28. The molecule has 86 valence electrons. The Kier molecular flexibility index (Phi) is 2.74. The maximum absolute atomic E-state index is 13.4. The number of benzene rings is 1. The smallest absolute Gasteiger partial charge is 0.272 e. The Hall–Kier alpha value is -1.69. The Bertz CT molecular complexity index is 419. The number of nitrogens with two attached hydrogens (primary N) is 1. The maximum Gasteiger partial charge on any atom is 0.272 e. The lowest BCUT2D eigenvalue weighted by Crippen LogP contribution is -2.43. The zero-order chi connectivity index (χ0) is 11.7. The van der Waals surface area contributed by atoms with Crippen LogP contribution in [0.1, 0.15) is 12.8 Å². The van der Waals surface area contributed by atoms with Gasteiger partial charge in [0.15, 0.2) is 11.6 Å². The molecule has 1 aromatic carbocycles. The summed E-state index contributed by atoms with van der Waals surface area (Å²) in [6, 6.07) is 3.47. The SMILES string of the molecule is NC1CC(Oc2ccc([N+](=O)[O-])cc2F)C1. The van der Waals surface area contributed by atoms with Crippen LogP contribution < -0.4 is 10.5 Å². The molecule has 0 heterocycles. The first-order valence-corrected chi connectivity index (χ1v) is 4.92. The molecular weight excluding hydrogens is 215 g/mol. The molecule has 1 fully saturated rings. The minimum atomic E-state index is -0.713. The molecule has 6 heteroatoms. The Balaban J connectivity index is 2.07. The third-order valence-electron chi connectivity index (χ3n) is 2.55. The number of nitro groups is 1. The molecule has 0 atom stereocenters. The second kappa shape index (κ2) is 4.05. The number of rotatable bonds is 3. The van der Waals surface area contributed by atoms with Gasteiger partial charge in [0.25, 0.3) is 5.69 Å². The molecule has 0 spiro atoms. The summed E-state index contributed by atoms with van der Waals surface area (Å²) in [7, 11) is 0. The van der Waals surface area contributed by atoms with E-state index in [9.17, 15) is 14.5 Å². The van der Waals surface area contributed by atoms with Gasteiger partial charge in [0, 0.05) is 12.1 Å². The molecule has 5 nitrogen and oxygen atoms in total. The van der Waals surface area contributed by atoms with E-state index in [-0.39, 0.29) is 23.6 Å². The summed E-state index contributed by atoms with van der Waals surface area (Å²) in [6.45, 7) is 0. The van der Waals surface area contributed by atoms with Crippen LogP contribution in [0.3, 0.4) is 0 Å². The van der Waals surface area contributed by atoms with Crippen molar-refractivity contribution in [2.75, 3.05) is 0 Å². The Morgan fingerprint density at radius 2 is 2.19 bits per heavy atom. The van der Waals surface area contributed by atoms with Crippen molar-refractivity contribution in [2.45, 2.75) is 25.0 Å². The van der Waals surface area contributed by atoms with Gasteiger partial charge in [-0.1, -0.05) is 0 Å². The molecule has 0 aliphatic heterocycles. The summed E-state index contributed by atoms with van der Waals surface area (Å²) >= 11 is 0. The molecule has 0 amide bonds. The van der Waals surface area contributed by atoms with E-state index in [1.54, 1.807) is 0 Å². The van der Waals surface area contributed by atoms with Gasteiger partial charge in [-0.25, -0.2) is 4.39 Å². The highest BCUT2D eigenvalue weighted by atomic mass is 19.1. The number of hydrogen-bond acceptors (Lipinski definition) is 4. The fourth-order valence-corrected chi connectivity index (χ4v) is 1.58. The molecule has 1 saturated carbocycles. The highest BCUT2D eigenvalue weighted by Gasteiger charge is 2.28. The molecule has 0 aromatic heterocycles. The second-order valence-electron chi connectivity index (χ2n) is 3.84. The van der Waals surface area contributed by atoms with Crippen molar-refractivity contribution >= 4 is 5.69 Å². The largest absolute Gasteiger partial charge is 0.487 e. The van der Waals surface area contributed by atoms with Gasteiger partial charge in [0.05, 0.1) is 11.0 Å². The normalized spacial score (nSPS) is 23.6. The van der Waals surface area contributed by atoms with Gasteiger partial charge in [-0.3, -0.25) is 10.1 Å². The lowest BCUT2D eigenvalue weighted by atomic mass is 9.90. The fourth-order valence-electron chi connectivity index (χ4n) is 1.58. The van der Waals surface area contributed by atoms with Gasteiger partial charge in [-0.2, -0.15) is 0 Å². The maximum atomic E-state index is 13.4. The summed E-state index contributed by atoms with van der Waals surface area (Å²) in [6.07, 6.45) is 1.30. The van der Waals surface area contributed by atoms with Crippen LogP contribution in [0.15, 0.2) is 18.2 Å². The molecular formula is C10H11FN2O3. The van der Waals surface area contributed by atoms with Crippen molar-refractivity contribution in [3.8, 4) is 5.75 Å². The van der Waals surface area contributed by atoms with Crippen LogP contribution >= 0.6 is 0 Å². The molecule has 0 saturated heterocycles. The zero-order valence-electron chi connectivity index (χ0n) is 8.43. The summed E-state index contributed by atoms with van der Waals surface area (Å²) < 4.78 is 18.7. The minimum Gasteiger partial charge on any atom is -0.487 e. The lowest BCUT2D eigenvalue weighted by Gasteiger charge is -2.32. The van der Waals surface area contributed by atoms with Crippen molar-refractivity contribution in [1.82, 2.24) is 0 Å². The van der Waals surface area contributed by atoms with E-state index in [0.29, 0.717) is 12.8 Å². The predicted molar refractivity (Wildman–Crippen MR) is 54.7 cm³/mol. The number of ether oxygens (including phenoxy) is 1. The fraction of sp³-hybridized carbons (Fsp3) is 0.400. The van der Waals surface area contributed by atoms with Crippen LogP contribution in [0.2, 0.25) is 0 Å². The first-order chi connectivity index (χ1) is 7.56. The monoisotopic (exact) mass is 226 g/mol. The van der Waals surface area contributed by atoms with Crippen molar-refractivity contribution in [3.63, 3.8) is 0 Å². The van der Waals surface area contributed by atoms with Crippen LogP contribution in [-0.2, 0) is 0 Å². The molecule has 1 aromatic rings. The van der Waals surface area contributed by atoms with E-state index in [1.165, 1.54) is 12.1 Å². The van der Waals surface area contributed by atoms with Gasteiger partial charge in [0.2, 0.25) is 0 Å². The highest BCUT2D eigenvalue weighted by molar-refractivity contribution is 5.37. The van der Waals surface area contributed by atoms with Gasteiger partial charge >= 0.3 is 0 Å². The molecule has 2 N–H and O–H groups in total. The Morgan fingerprint density at radius 1 is 1.50 bits per heavy atom. The van der Waals surface area contributed by atoms with Crippen molar-refractivity contribution in [1.29, 1.82) is 0 Å². The topological polar surface area (TPSA) is 78.4 Å². The second-order valence-corrected chi connectivity index (χ2v) is 3.84. The number of nitro benzene ring substituents is 1. The van der Waals surface area contributed by atoms with Crippen molar-refractivity contribution < 1.29 is 14.1 Å². The third kappa shape index (κ3) is 2.11. The van der Waals surface area contributed by atoms with Crippen LogP contribution in [-0.4, -0.2) is 17.1 Å². The quantitative estimate of drug-likeness (QED) is 0.627. The number of non-ortho nitro benzene ring substituents is 1. The molecule has 0 unspecified atom stereocenters. The predicted octanol–water partition coefficient (Wildman–Crippen LogP) is 1.60. The zero-order valence-corrected chi connectivity index (χ0v) is 8.43. The molecule has 0 radical (unpaired) electrons. The van der Waals surface area contributed by atoms with Crippen LogP contribution in [0.5, 0.6) is 5.75 Å². The van der Waals surface area contributed by atoms with Crippen LogP contribution in [0.25, 0.3) is 0 Å². The Morgan fingerprint density at radius 3 is 2.69 bits per heavy atom. The van der Waals surface area contributed by atoms with E-state index in [4.69, 9.17) is 10.5 Å². The average molecular weight is 226 g/mol. The molecule has 1 aliphatic carbocycles. The highest BCUT2D eigenvalue weighted by Crippen LogP contribution is 2.28. The summed E-state index contributed by atoms with van der Waals surface area (Å²) in [5.74, 6) is -0.669. The van der Waals surface area contributed by atoms with Crippen LogP contribution in [0.4, 0.5) is 10.1 Å². The van der Waals surface area contributed by atoms with E-state index >= 15 is 0 Å². The molecule has 16 heavy (non-hydrogen) atoms.